The Labute approximate surface area is 124 Å². The maximum atomic E-state index is 13.6. The molecule has 1 heterocycles. The third kappa shape index (κ3) is 3.64. The number of ether oxygens (including phenoxy) is 1. The molecule has 1 fully saturated rings. The molecule has 0 aliphatic heterocycles. The van der Waals surface area contributed by atoms with Crippen molar-refractivity contribution in [1.29, 1.82) is 0 Å². The van der Waals surface area contributed by atoms with Crippen molar-refractivity contribution in [3.63, 3.8) is 0 Å². The van der Waals surface area contributed by atoms with Gasteiger partial charge in [-0.15, -0.1) is 0 Å². The van der Waals surface area contributed by atoms with E-state index in [0.29, 0.717) is 6.04 Å². The van der Waals surface area contributed by atoms with Crippen LogP contribution in [-0.4, -0.2) is 6.04 Å². The summed E-state index contributed by atoms with van der Waals surface area (Å²) in [5.41, 5.74) is 2.11. The van der Waals surface area contributed by atoms with Gasteiger partial charge in [0.15, 0.2) is 11.6 Å². The van der Waals surface area contributed by atoms with Gasteiger partial charge in [-0.05, 0) is 50.5 Å². The van der Waals surface area contributed by atoms with Crippen molar-refractivity contribution < 1.29 is 13.5 Å². The summed E-state index contributed by atoms with van der Waals surface area (Å²) in [6.07, 6.45) is 2.53. The zero-order valence-electron chi connectivity index (χ0n) is 12.4. The van der Waals surface area contributed by atoms with Gasteiger partial charge in [0.2, 0.25) is 0 Å². The van der Waals surface area contributed by atoms with Crippen LogP contribution in [0.3, 0.4) is 0 Å². The van der Waals surface area contributed by atoms with Gasteiger partial charge >= 0.3 is 0 Å². The number of furan rings is 1. The minimum Gasteiger partial charge on any atom is -0.483 e. The van der Waals surface area contributed by atoms with Gasteiger partial charge in [-0.1, -0.05) is 6.07 Å². The lowest BCUT2D eigenvalue weighted by Gasteiger charge is -2.06. The Bertz CT molecular complexity index is 632. The Balaban J connectivity index is 1.61. The molecule has 2 aromatic rings. The molecule has 0 amide bonds. The number of rotatable bonds is 6. The maximum Gasteiger partial charge on any atom is 0.165 e. The van der Waals surface area contributed by atoms with Crippen molar-refractivity contribution in [2.24, 2.45) is 0 Å². The SMILES string of the molecule is Cc1ccc(F)c(OCc2cc(CNC3CC3)c(C)o2)c1. The van der Waals surface area contributed by atoms with Crippen molar-refractivity contribution in [3.05, 3.63) is 52.7 Å². The molecule has 3 nitrogen and oxygen atoms in total. The number of halogens is 1. The van der Waals surface area contributed by atoms with E-state index in [9.17, 15) is 4.39 Å². The second-order valence-electron chi connectivity index (χ2n) is 5.67. The first kappa shape index (κ1) is 14.1. The topological polar surface area (TPSA) is 34.4 Å². The molecule has 0 unspecified atom stereocenters. The summed E-state index contributed by atoms with van der Waals surface area (Å²) in [5, 5.41) is 3.46. The minimum absolute atomic E-state index is 0.241. The zero-order chi connectivity index (χ0) is 14.8. The molecule has 1 N–H and O–H groups in total. The molecule has 0 bridgehead atoms. The molecule has 0 saturated heterocycles. The lowest BCUT2D eigenvalue weighted by atomic mass is 10.2. The molecule has 1 aromatic carbocycles. The highest BCUT2D eigenvalue weighted by atomic mass is 19.1. The highest BCUT2D eigenvalue weighted by Crippen LogP contribution is 2.23. The fourth-order valence-corrected chi connectivity index (χ4v) is 2.25. The fourth-order valence-electron chi connectivity index (χ4n) is 2.25. The van der Waals surface area contributed by atoms with Gasteiger partial charge in [-0.3, -0.25) is 0 Å². The molecular weight excluding hydrogens is 269 g/mol. The van der Waals surface area contributed by atoms with Crippen LogP contribution in [0.15, 0.2) is 28.7 Å². The highest BCUT2D eigenvalue weighted by Gasteiger charge is 2.21. The molecule has 1 aromatic heterocycles. The molecule has 1 saturated carbocycles. The number of aryl methyl sites for hydroxylation is 2. The second kappa shape index (κ2) is 5.90. The van der Waals surface area contributed by atoms with Crippen molar-refractivity contribution in [2.75, 3.05) is 0 Å². The van der Waals surface area contributed by atoms with E-state index in [1.165, 1.54) is 18.9 Å². The molecule has 112 valence electrons. The first-order valence-electron chi connectivity index (χ1n) is 7.32. The van der Waals surface area contributed by atoms with E-state index < -0.39 is 0 Å². The normalized spacial score (nSPS) is 14.4. The Morgan fingerprint density at radius 3 is 2.86 bits per heavy atom. The summed E-state index contributed by atoms with van der Waals surface area (Å²) in [7, 11) is 0. The highest BCUT2D eigenvalue weighted by molar-refractivity contribution is 5.29. The number of hydrogen-bond donors (Lipinski definition) is 1. The first-order valence-corrected chi connectivity index (χ1v) is 7.32. The average molecular weight is 289 g/mol. The third-order valence-electron chi connectivity index (χ3n) is 3.69. The van der Waals surface area contributed by atoms with E-state index in [-0.39, 0.29) is 18.2 Å². The van der Waals surface area contributed by atoms with Gasteiger partial charge in [0.05, 0.1) is 0 Å². The number of benzene rings is 1. The molecule has 0 spiro atoms. The van der Waals surface area contributed by atoms with Gasteiger partial charge in [0.1, 0.15) is 18.1 Å². The Hall–Kier alpha value is -1.81. The van der Waals surface area contributed by atoms with Crippen LogP contribution in [0.2, 0.25) is 0 Å². The van der Waals surface area contributed by atoms with E-state index in [1.54, 1.807) is 12.1 Å². The van der Waals surface area contributed by atoms with E-state index in [4.69, 9.17) is 9.15 Å². The lowest BCUT2D eigenvalue weighted by Crippen LogP contribution is -2.15. The van der Waals surface area contributed by atoms with Crippen LogP contribution in [0.25, 0.3) is 0 Å². The molecular formula is C17H20FNO2. The maximum absolute atomic E-state index is 13.6. The average Bonchev–Trinajstić information content (AvgIpc) is 3.21. The monoisotopic (exact) mass is 289 g/mol. The summed E-state index contributed by atoms with van der Waals surface area (Å²) in [6, 6.07) is 7.49. The Kier molecular flexibility index (Phi) is 3.97. The lowest BCUT2D eigenvalue weighted by molar-refractivity contribution is 0.256. The number of nitrogens with one attached hydrogen (secondary N) is 1. The molecule has 3 rings (SSSR count). The van der Waals surface area contributed by atoms with Crippen LogP contribution in [0.4, 0.5) is 4.39 Å². The van der Waals surface area contributed by atoms with E-state index >= 15 is 0 Å². The van der Waals surface area contributed by atoms with Crippen molar-refractivity contribution >= 4 is 0 Å². The summed E-state index contributed by atoms with van der Waals surface area (Å²) in [4.78, 5) is 0. The van der Waals surface area contributed by atoms with Crippen molar-refractivity contribution in [2.45, 2.75) is 45.9 Å². The third-order valence-corrected chi connectivity index (χ3v) is 3.69. The largest absolute Gasteiger partial charge is 0.483 e. The second-order valence-corrected chi connectivity index (χ2v) is 5.67. The quantitative estimate of drug-likeness (QED) is 0.876. The standard InChI is InChI=1S/C17H20FNO2/c1-11-3-6-16(18)17(7-11)20-10-15-8-13(12(2)21-15)9-19-14-4-5-14/h3,6-8,14,19H,4-5,9-10H2,1-2H3. The molecule has 1 aliphatic carbocycles. The van der Waals surface area contributed by atoms with Crippen LogP contribution in [-0.2, 0) is 13.2 Å². The van der Waals surface area contributed by atoms with Crippen LogP contribution in [0.5, 0.6) is 5.75 Å². The summed E-state index contributed by atoms with van der Waals surface area (Å²) in [6.45, 7) is 4.91. The van der Waals surface area contributed by atoms with Crippen LogP contribution in [0, 0.1) is 19.7 Å². The number of hydrogen-bond acceptors (Lipinski definition) is 3. The first-order chi connectivity index (χ1) is 10.1. The Morgan fingerprint density at radius 2 is 2.10 bits per heavy atom. The van der Waals surface area contributed by atoms with Gasteiger partial charge in [-0.2, -0.15) is 0 Å². The van der Waals surface area contributed by atoms with Gasteiger partial charge in [0.25, 0.3) is 0 Å². The Morgan fingerprint density at radius 1 is 1.29 bits per heavy atom. The summed E-state index contributed by atoms with van der Waals surface area (Å²) >= 11 is 0. The molecule has 4 heteroatoms. The summed E-state index contributed by atoms with van der Waals surface area (Å²) < 4.78 is 24.8. The molecule has 21 heavy (non-hydrogen) atoms. The smallest absolute Gasteiger partial charge is 0.165 e. The fraction of sp³-hybridized carbons (Fsp3) is 0.412. The predicted octanol–water partition coefficient (Wildman–Crippen LogP) is 3.87. The van der Waals surface area contributed by atoms with E-state index in [1.807, 2.05) is 19.9 Å². The van der Waals surface area contributed by atoms with Crippen molar-refractivity contribution in [1.82, 2.24) is 5.32 Å². The van der Waals surface area contributed by atoms with Crippen LogP contribution in [0.1, 0.15) is 35.5 Å². The minimum atomic E-state index is -0.348. The summed E-state index contributed by atoms with van der Waals surface area (Å²) in [5.74, 6) is 1.54. The van der Waals surface area contributed by atoms with Crippen LogP contribution >= 0.6 is 0 Å². The molecule has 1 aliphatic rings. The molecule has 0 atom stereocenters. The predicted molar refractivity (Wildman–Crippen MR) is 78.8 cm³/mol. The zero-order valence-corrected chi connectivity index (χ0v) is 12.4. The molecule has 0 radical (unpaired) electrons. The van der Waals surface area contributed by atoms with E-state index in [2.05, 4.69) is 5.32 Å². The van der Waals surface area contributed by atoms with Crippen molar-refractivity contribution in [3.8, 4) is 5.75 Å². The van der Waals surface area contributed by atoms with Gasteiger partial charge in [0, 0.05) is 18.2 Å². The van der Waals surface area contributed by atoms with Gasteiger partial charge < -0.3 is 14.5 Å². The van der Waals surface area contributed by atoms with Gasteiger partial charge in [-0.25, -0.2) is 4.39 Å². The van der Waals surface area contributed by atoms with E-state index in [0.717, 1.165) is 29.2 Å². The van der Waals surface area contributed by atoms with Crippen LogP contribution < -0.4 is 10.1 Å².